The van der Waals surface area contributed by atoms with Crippen molar-refractivity contribution in [3.8, 4) is 17.2 Å². The third kappa shape index (κ3) is 7.52. The molecule has 0 radical (unpaired) electrons. The summed E-state index contributed by atoms with van der Waals surface area (Å²) in [5, 5.41) is 22.7. The Bertz CT molecular complexity index is 796. The van der Waals surface area contributed by atoms with Gasteiger partial charge < -0.3 is 20.1 Å². The molecule has 0 aliphatic rings. The summed E-state index contributed by atoms with van der Waals surface area (Å²) in [6.45, 7) is 4.45. The lowest BCUT2D eigenvalue weighted by molar-refractivity contribution is 0.210. The molecule has 0 saturated carbocycles. The maximum absolute atomic E-state index is 11.6. The molecule has 7 nitrogen and oxygen atoms in total. The van der Waals surface area contributed by atoms with Crippen LogP contribution < -0.4 is 9.84 Å². The van der Waals surface area contributed by atoms with Crippen LogP contribution >= 0.6 is 7.82 Å². The minimum atomic E-state index is -4.21. The second kappa shape index (κ2) is 10.5. The Balaban J connectivity index is 1.77. The van der Waals surface area contributed by atoms with E-state index in [1.807, 2.05) is 12.1 Å². The number of aryl methyl sites for hydroxylation is 1. The highest BCUT2D eigenvalue weighted by atomic mass is 31.2. The number of hydrogen-bond donors (Lipinski definition) is 4. The van der Waals surface area contributed by atoms with Crippen LogP contribution in [0.1, 0.15) is 31.4 Å². The molecular formula is C20H28NO6P. The summed E-state index contributed by atoms with van der Waals surface area (Å²) < 4.78 is 21.1. The highest BCUT2D eigenvalue weighted by Crippen LogP contribution is 2.46. The van der Waals surface area contributed by atoms with Gasteiger partial charge in [-0.2, -0.15) is 0 Å². The Morgan fingerprint density at radius 3 is 2.39 bits per heavy atom. The zero-order chi connectivity index (χ0) is 20.6. The first kappa shape index (κ1) is 22.2. The molecule has 0 aromatic heterocycles. The van der Waals surface area contributed by atoms with Crippen LogP contribution in [0.3, 0.4) is 0 Å². The SMILES string of the molecule is CCOP(=O)(O)Oc1ccc(CCNC(C)CCc2ccc(O)cc2)cc1O. The second-order valence-electron chi connectivity index (χ2n) is 6.59. The minimum absolute atomic E-state index is 0.0310. The van der Waals surface area contributed by atoms with E-state index in [9.17, 15) is 19.7 Å². The van der Waals surface area contributed by atoms with Gasteiger partial charge in [-0.05, 0) is 75.0 Å². The Labute approximate surface area is 165 Å². The van der Waals surface area contributed by atoms with Gasteiger partial charge in [0.05, 0.1) is 6.61 Å². The summed E-state index contributed by atoms with van der Waals surface area (Å²) >= 11 is 0. The van der Waals surface area contributed by atoms with Crippen molar-refractivity contribution in [3.05, 3.63) is 53.6 Å². The zero-order valence-corrected chi connectivity index (χ0v) is 17.1. The molecule has 2 aromatic rings. The van der Waals surface area contributed by atoms with Gasteiger partial charge in [-0.3, -0.25) is 9.42 Å². The highest BCUT2D eigenvalue weighted by Gasteiger charge is 2.23. The molecule has 28 heavy (non-hydrogen) atoms. The lowest BCUT2D eigenvalue weighted by atomic mass is 10.1. The summed E-state index contributed by atoms with van der Waals surface area (Å²) in [7, 11) is -4.21. The first-order valence-corrected chi connectivity index (χ1v) is 10.8. The third-order valence-corrected chi connectivity index (χ3v) is 5.25. The highest BCUT2D eigenvalue weighted by molar-refractivity contribution is 7.47. The van der Waals surface area contributed by atoms with Gasteiger partial charge in [0.15, 0.2) is 11.5 Å². The third-order valence-electron chi connectivity index (χ3n) is 4.24. The monoisotopic (exact) mass is 409 g/mol. The van der Waals surface area contributed by atoms with Crippen molar-refractivity contribution < 1.29 is 28.7 Å². The summed E-state index contributed by atoms with van der Waals surface area (Å²) in [6, 6.07) is 12.3. The van der Waals surface area contributed by atoms with Crippen LogP contribution in [0.25, 0.3) is 0 Å². The van der Waals surface area contributed by atoms with Crippen LogP contribution in [0.4, 0.5) is 0 Å². The van der Waals surface area contributed by atoms with Gasteiger partial charge >= 0.3 is 7.82 Å². The second-order valence-corrected chi connectivity index (χ2v) is 7.97. The van der Waals surface area contributed by atoms with E-state index in [1.54, 1.807) is 25.1 Å². The molecule has 0 bridgehead atoms. The molecule has 2 aromatic carbocycles. The van der Waals surface area contributed by atoms with Crippen LogP contribution in [-0.2, 0) is 21.9 Å². The first-order valence-electron chi connectivity index (χ1n) is 9.29. The van der Waals surface area contributed by atoms with Crippen LogP contribution in [0.2, 0.25) is 0 Å². The Hall–Kier alpha value is -2.05. The number of nitrogens with one attached hydrogen (secondary N) is 1. The number of benzene rings is 2. The fraction of sp³-hybridized carbons (Fsp3) is 0.400. The molecule has 0 heterocycles. The van der Waals surface area contributed by atoms with Gasteiger partial charge in [0.25, 0.3) is 0 Å². The Morgan fingerprint density at radius 2 is 1.75 bits per heavy atom. The van der Waals surface area contributed by atoms with E-state index >= 15 is 0 Å². The van der Waals surface area contributed by atoms with Gasteiger partial charge in [-0.1, -0.05) is 18.2 Å². The van der Waals surface area contributed by atoms with Crippen molar-refractivity contribution in [2.24, 2.45) is 0 Å². The Kier molecular flexibility index (Phi) is 8.33. The Morgan fingerprint density at radius 1 is 1.07 bits per heavy atom. The summed E-state index contributed by atoms with van der Waals surface area (Å²) in [6.07, 6.45) is 2.58. The number of phosphoric acid groups is 1. The van der Waals surface area contributed by atoms with Crippen molar-refractivity contribution >= 4 is 7.82 Å². The maximum atomic E-state index is 11.6. The van der Waals surface area contributed by atoms with Crippen molar-refractivity contribution in [3.63, 3.8) is 0 Å². The van der Waals surface area contributed by atoms with Gasteiger partial charge in [0.2, 0.25) is 0 Å². The van der Waals surface area contributed by atoms with E-state index in [4.69, 9.17) is 4.52 Å². The molecule has 0 fully saturated rings. The maximum Gasteiger partial charge on any atom is 0.527 e. The fourth-order valence-corrected chi connectivity index (χ4v) is 3.50. The van der Waals surface area contributed by atoms with E-state index in [1.165, 1.54) is 17.7 Å². The first-order chi connectivity index (χ1) is 13.3. The van der Waals surface area contributed by atoms with Gasteiger partial charge in [0, 0.05) is 6.04 Å². The molecule has 2 unspecified atom stereocenters. The number of aromatic hydroxyl groups is 2. The average molecular weight is 409 g/mol. The number of hydrogen-bond acceptors (Lipinski definition) is 6. The van der Waals surface area contributed by atoms with Gasteiger partial charge in [-0.15, -0.1) is 0 Å². The van der Waals surface area contributed by atoms with Gasteiger partial charge in [-0.25, -0.2) is 4.57 Å². The van der Waals surface area contributed by atoms with Crippen molar-refractivity contribution in [2.75, 3.05) is 13.2 Å². The molecule has 0 aliphatic carbocycles. The van der Waals surface area contributed by atoms with E-state index in [0.29, 0.717) is 12.5 Å². The zero-order valence-electron chi connectivity index (χ0n) is 16.2. The topological polar surface area (TPSA) is 108 Å². The molecule has 0 amide bonds. The molecule has 154 valence electrons. The van der Waals surface area contributed by atoms with E-state index < -0.39 is 7.82 Å². The molecule has 0 spiro atoms. The van der Waals surface area contributed by atoms with Crippen molar-refractivity contribution in [2.45, 2.75) is 39.2 Å². The van der Waals surface area contributed by atoms with Crippen LogP contribution in [0, 0.1) is 0 Å². The van der Waals surface area contributed by atoms with Gasteiger partial charge in [0.1, 0.15) is 5.75 Å². The standard InChI is InChI=1S/C20H28NO6P/c1-3-26-28(24,25)27-20-11-8-17(14-19(20)23)12-13-21-15(2)4-5-16-6-9-18(22)10-7-16/h6-11,14-15,21-23H,3-5,12-13H2,1-2H3,(H,24,25). The van der Waals surface area contributed by atoms with Crippen LogP contribution in [0.5, 0.6) is 17.2 Å². The number of phenolic OH excluding ortho intramolecular Hbond substituents is 2. The lowest BCUT2D eigenvalue weighted by Gasteiger charge is -2.15. The summed E-state index contributed by atoms with van der Waals surface area (Å²) in [5.74, 6) is -0.0144. The lowest BCUT2D eigenvalue weighted by Crippen LogP contribution is -2.28. The van der Waals surface area contributed by atoms with Crippen LogP contribution in [-0.4, -0.2) is 34.3 Å². The fourth-order valence-electron chi connectivity index (χ4n) is 2.72. The average Bonchev–Trinajstić information content (AvgIpc) is 2.63. The molecule has 0 saturated heterocycles. The number of phosphoric ester groups is 1. The molecule has 0 aliphatic heterocycles. The van der Waals surface area contributed by atoms with E-state index in [2.05, 4.69) is 16.8 Å². The quantitative estimate of drug-likeness (QED) is 0.419. The molecule has 2 atom stereocenters. The predicted octanol–water partition coefficient (Wildman–Crippen LogP) is 3.77. The van der Waals surface area contributed by atoms with E-state index in [-0.39, 0.29) is 23.9 Å². The predicted molar refractivity (Wildman–Crippen MR) is 108 cm³/mol. The minimum Gasteiger partial charge on any atom is -0.508 e. The van der Waals surface area contributed by atoms with Crippen LogP contribution in [0.15, 0.2) is 42.5 Å². The van der Waals surface area contributed by atoms with Crippen molar-refractivity contribution in [1.82, 2.24) is 5.32 Å². The number of phenols is 2. The van der Waals surface area contributed by atoms with E-state index in [0.717, 1.165) is 24.9 Å². The molecule has 2 rings (SSSR count). The smallest absolute Gasteiger partial charge is 0.508 e. The summed E-state index contributed by atoms with van der Waals surface area (Å²) in [4.78, 5) is 9.49. The number of rotatable bonds is 11. The normalized spacial score (nSPS) is 14.4. The van der Waals surface area contributed by atoms with Crippen molar-refractivity contribution in [1.29, 1.82) is 0 Å². The molecular weight excluding hydrogens is 381 g/mol. The largest absolute Gasteiger partial charge is 0.527 e. The summed E-state index contributed by atoms with van der Waals surface area (Å²) in [5.41, 5.74) is 2.06. The molecule has 4 N–H and O–H groups in total. The molecule has 8 heteroatoms.